The van der Waals surface area contributed by atoms with Crippen LogP contribution in [0.3, 0.4) is 0 Å². The molecule has 1 heterocycles. The Morgan fingerprint density at radius 3 is 2.59 bits per heavy atom. The molecule has 0 spiro atoms. The molecule has 0 bridgehead atoms. The van der Waals surface area contributed by atoms with E-state index < -0.39 is 5.60 Å². The van der Waals surface area contributed by atoms with Crippen LogP contribution < -0.4 is 5.32 Å². The summed E-state index contributed by atoms with van der Waals surface area (Å²) in [6, 6.07) is 6.65. The molecule has 3 heteroatoms. The van der Waals surface area contributed by atoms with E-state index >= 15 is 0 Å². The van der Waals surface area contributed by atoms with Crippen LogP contribution in [-0.2, 0) is 11.8 Å². The molecule has 0 radical (unpaired) electrons. The number of halogens is 1. The highest BCUT2D eigenvalue weighted by Gasteiger charge is 2.46. The Bertz CT molecular complexity index is 524. The highest BCUT2D eigenvalue weighted by molar-refractivity contribution is 6.31. The minimum atomic E-state index is -0.491. The Balaban J connectivity index is 1.98. The first-order valence-corrected chi connectivity index (χ1v) is 9.07. The van der Waals surface area contributed by atoms with Gasteiger partial charge in [-0.3, -0.25) is 0 Å². The molecule has 1 aromatic carbocycles. The van der Waals surface area contributed by atoms with E-state index in [0.29, 0.717) is 5.92 Å². The SMILES string of the molecule is CCc1cc([C@]2([C@H]3CCNC3)CC[C@@](C)(O)CC2)ccc1Cl. The lowest BCUT2D eigenvalue weighted by molar-refractivity contribution is -0.0105. The molecule has 1 saturated heterocycles. The van der Waals surface area contributed by atoms with Crippen LogP contribution in [-0.4, -0.2) is 23.8 Å². The molecule has 122 valence electrons. The first kappa shape index (κ1) is 16.3. The average molecular weight is 322 g/mol. The quantitative estimate of drug-likeness (QED) is 0.879. The summed E-state index contributed by atoms with van der Waals surface area (Å²) in [6.45, 7) is 6.38. The van der Waals surface area contributed by atoms with Crippen LogP contribution >= 0.6 is 11.6 Å². The van der Waals surface area contributed by atoms with Crippen molar-refractivity contribution in [3.63, 3.8) is 0 Å². The van der Waals surface area contributed by atoms with Crippen molar-refractivity contribution in [3.8, 4) is 0 Å². The smallest absolute Gasteiger partial charge is 0.0620 e. The van der Waals surface area contributed by atoms with Gasteiger partial charge in [-0.15, -0.1) is 0 Å². The molecule has 0 unspecified atom stereocenters. The van der Waals surface area contributed by atoms with Gasteiger partial charge in [0.05, 0.1) is 5.60 Å². The first-order chi connectivity index (χ1) is 10.5. The Morgan fingerprint density at radius 1 is 1.27 bits per heavy atom. The molecule has 22 heavy (non-hydrogen) atoms. The van der Waals surface area contributed by atoms with E-state index in [1.54, 1.807) is 0 Å². The van der Waals surface area contributed by atoms with Crippen LogP contribution in [0, 0.1) is 5.92 Å². The molecule has 0 aromatic heterocycles. The van der Waals surface area contributed by atoms with Crippen molar-refractivity contribution in [3.05, 3.63) is 34.3 Å². The molecule has 2 N–H and O–H groups in total. The highest BCUT2D eigenvalue weighted by Crippen LogP contribution is 2.50. The Morgan fingerprint density at radius 2 is 2.00 bits per heavy atom. The number of benzene rings is 1. The number of rotatable bonds is 3. The minimum Gasteiger partial charge on any atom is -0.390 e. The minimum absolute atomic E-state index is 0.209. The van der Waals surface area contributed by atoms with Gasteiger partial charge >= 0.3 is 0 Å². The molecule has 2 nitrogen and oxygen atoms in total. The fraction of sp³-hybridized carbons (Fsp3) is 0.684. The third kappa shape index (κ3) is 2.93. The molecule has 2 aliphatic rings. The summed E-state index contributed by atoms with van der Waals surface area (Å²) in [7, 11) is 0. The van der Waals surface area contributed by atoms with Gasteiger partial charge in [-0.25, -0.2) is 0 Å². The lowest BCUT2D eigenvalue weighted by Gasteiger charge is -2.47. The molecule has 1 aromatic rings. The zero-order chi connectivity index (χ0) is 15.8. The van der Waals surface area contributed by atoms with Crippen molar-refractivity contribution in [2.24, 2.45) is 5.92 Å². The molecule has 1 aliphatic heterocycles. The summed E-state index contributed by atoms with van der Waals surface area (Å²) < 4.78 is 0. The van der Waals surface area contributed by atoms with E-state index in [9.17, 15) is 5.11 Å². The van der Waals surface area contributed by atoms with Gasteiger partial charge in [0.15, 0.2) is 0 Å². The third-order valence-corrected chi connectivity index (χ3v) is 6.43. The van der Waals surface area contributed by atoms with Crippen molar-refractivity contribution in [2.75, 3.05) is 13.1 Å². The van der Waals surface area contributed by atoms with Crippen LogP contribution in [0.1, 0.15) is 57.1 Å². The van der Waals surface area contributed by atoms with Crippen LogP contribution in [0.25, 0.3) is 0 Å². The summed E-state index contributed by atoms with van der Waals surface area (Å²) in [5.41, 5.74) is 2.41. The maximum absolute atomic E-state index is 10.4. The first-order valence-electron chi connectivity index (χ1n) is 8.69. The zero-order valence-corrected chi connectivity index (χ0v) is 14.5. The van der Waals surface area contributed by atoms with Gasteiger partial charge in [-0.05, 0) is 87.1 Å². The normalized spacial score (nSPS) is 35.7. The number of hydrogen-bond acceptors (Lipinski definition) is 2. The molecular weight excluding hydrogens is 294 g/mol. The van der Waals surface area contributed by atoms with Crippen molar-refractivity contribution < 1.29 is 5.11 Å². The van der Waals surface area contributed by atoms with Gasteiger partial charge in [0, 0.05) is 5.02 Å². The van der Waals surface area contributed by atoms with Crippen LogP contribution in [0.5, 0.6) is 0 Å². The van der Waals surface area contributed by atoms with E-state index in [4.69, 9.17) is 11.6 Å². The maximum Gasteiger partial charge on any atom is 0.0620 e. The number of nitrogens with one attached hydrogen (secondary N) is 1. The van der Waals surface area contributed by atoms with Gasteiger partial charge in [0.1, 0.15) is 0 Å². The summed E-state index contributed by atoms with van der Waals surface area (Å²) >= 11 is 6.33. The standard InChI is InChI=1S/C19H28ClNO/c1-3-14-12-15(4-5-17(14)20)19(16-6-11-21-13-16)9-7-18(2,22)8-10-19/h4-5,12,16,21-22H,3,6-11,13H2,1-2H3/t16-,18-,19+/m0/s1. The van der Waals surface area contributed by atoms with Crippen LogP contribution in [0.15, 0.2) is 18.2 Å². The van der Waals surface area contributed by atoms with Crippen molar-refractivity contribution in [1.29, 1.82) is 0 Å². The largest absolute Gasteiger partial charge is 0.390 e. The Kier molecular flexibility index (Phi) is 4.55. The summed E-state index contributed by atoms with van der Waals surface area (Å²) in [4.78, 5) is 0. The number of aryl methyl sites for hydroxylation is 1. The fourth-order valence-electron chi connectivity index (χ4n) is 4.45. The van der Waals surface area contributed by atoms with E-state index in [-0.39, 0.29) is 5.41 Å². The monoisotopic (exact) mass is 321 g/mol. The molecule has 0 amide bonds. The van der Waals surface area contributed by atoms with E-state index in [2.05, 4.69) is 30.4 Å². The fourth-order valence-corrected chi connectivity index (χ4v) is 4.70. The van der Waals surface area contributed by atoms with Crippen LogP contribution in [0.2, 0.25) is 5.02 Å². The molecule has 1 aliphatic carbocycles. The Hall–Kier alpha value is -0.570. The van der Waals surface area contributed by atoms with Crippen molar-refractivity contribution in [1.82, 2.24) is 5.32 Å². The second kappa shape index (κ2) is 6.14. The summed E-state index contributed by atoms with van der Waals surface area (Å²) in [6.07, 6.45) is 6.17. The summed E-state index contributed by atoms with van der Waals surface area (Å²) in [5, 5.41) is 14.8. The molecular formula is C19H28ClNO. The maximum atomic E-state index is 10.4. The zero-order valence-electron chi connectivity index (χ0n) is 13.8. The number of aliphatic hydroxyl groups is 1. The molecule has 2 fully saturated rings. The Labute approximate surface area is 139 Å². The van der Waals surface area contributed by atoms with Gasteiger partial charge in [0.2, 0.25) is 0 Å². The van der Waals surface area contributed by atoms with Crippen molar-refractivity contribution in [2.45, 2.75) is 63.4 Å². The van der Waals surface area contributed by atoms with Crippen LogP contribution in [0.4, 0.5) is 0 Å². The van der Waals surface area contributed by atoms with Gasteiger partial charge in [-0.1, -0.05) is 30.7 Å². The lowest BCUT2D eigenvalue weighted by Crippen LogP contribution is -2.45. The van der Waals surface area contributed by atoms with Gasteiger partial charge in [0.25, 0.3) is 0 Å². The average Bonchev–Trinajstić information content (AvgIpc) is 3.03. The lowest BCUT2D eigenvalue weighted by atomic mass is 9.59. The number of hydrogen-bond donors (Lipinski definition) is 2. The molecule has 3 rings (SSSR count). The predicted octanol–water partition coefficient (Wildman–Crippen LogP) is 4.07. The van der Waals surface area contributed by atoms with E-state index in [1.165, 1.54) is 17.5 Å². The molecule has 1 atom stereocenters. The van der Waals surface area contributed by atoms with Gasteiger partial charge in [-0.2, -0.15) is 0 Å². The summed E-state index contributed by atoms with van der Waals surface area (Å²) in [5.74, 6) is 0.675. The van der Waals surface area contributed by atoms with E-state index in [0.717, 1.165) is 50.2 Å². The van der Waals surface area contributed by atoms with Gasteiger partial charge < -0.3 is 10.4 Å². The third-order valence-electron chi connectivity index (χ3n) is 6.06. The second-order valence-electron chi connectivity index (χ2n) is 7.50. The second-order valence-corrected chi connectivity index (χ2v) is 7.91. The topological polar surface area (TPSA) is 32.3 Å². The molecule has 1 saturated carbocycles. The highest BCUT2D eigenvalue weighted by atomic mass is 35.5. The predicted molar refractivity (Wildman–Crippen MR) is 92.6 cm³/mol. The van der Waals surface area contributed by atoms with E-state index in [1.807, 2.05) is 6.92 Å². The van der Waals surface area contributed by atoms with Crippen molar-refractivity contribution >= 4 is 11.6 Å².